The maximum Gasteiger partial charge on any atom is 0.236 e. The van der Waals surface area contributed by atoms with Crippen LogP contribution in [0.15, 0.2) is 18.2 Å². The van der Waals surface area contributed by atoms with E-state index in [2.05, 4.69) is 5.32 Å². The molecule has 0 heterocycles. The van der Waals surface area contributed by atoms with Gasteiger partial charge in [-0.2, -0.15) is 11.8 Å². The second-order valence-corrected chi connectivity index (χ2v) is 9.31. The first-order valence-corrected chi connectivity index (χ1v) is 10.9. The second kappa shape index (κ2) is 11.4. The van der Waals surface area contributed by atoms with Gasteiger partial charge in [-0.25, -0.2) is 8.42 Å². The summed E-state index contributed by atoms with van der Waals surface area (Å²) >= 11 is 13.5. The van der Waals surface area contributed by atoms with Gasteiger partial charge in [-0.3, -0.25) is 4.79 Å². The summed E-state index contributed by atoms with van der Waals surface area (Å²) in [5.41, 5.74) is 6.63. The number of sulfone groups is 1. The van der Waals surface area contributed by atoms with E-state index in [4.69, 9.17) is 28.9 Å². The van der Waals surface area contributed by atoms with E-state index in [0.717, 1.165) is 11.8 Å². The van der Waals surface area contributed by atoms with Crippen molar-refractivity contribution in [3.05, 3.63) is 33.8 Å². The Kier molecular flexibility index (Phi) is 11.4. The van der Waals surface area contributed by atoms with Crippen LogP contribution in [0.25, 0.3) is 0 Å². The summed E-state index contributed by atoms with van der Waals surface area (Å²) in [4.78, 5) is 11.7. The molecule has 1 aromatic carbocycles. The van der Waals surface area contributed by atoms with Gasteiger partial charge in [0, 0.05) is 34.4 Å². The normalized spacial score (nSPS) is 12.3. The van der Waals surface area contributed by atoms with Crippen molar-refractivity contribution in [1.29, 1.82) is 0 Å². The fraction of sp³-hybridized carbons (Fsp3) is 0.500. The highest BCUT2D eigenvalue weighted by Gasteiger charge is 2.15. The number of benzene rings is 1. The molecule has 1 atom stereocenters. The van der Waals surface area contributed by atoms with Crippen molar-refractivity contribution in [3.63, 3.8) is 0 Å². The highest BCUT2D eigenvalue weighted by atomic mass is 35.5. The van der Waals surface area contributed by atoms with E-state index in [9.17, 15) is 13.2 Å². The van der Waals surface area contributed by atoms with Crippen LogP contribution in [0.2, 0.25) is 10.0 Å². The molecule has 10 heteroatoms. The highest BCUT2D eigenvalue weighted by molar-refractivity contribution is 7.98. The Bertz CT molecular complexity index is 642. The van der Waals surface area contributed by atoms with E-state index < -0.39 is 15.9 Å². The number of nitrogens with two attached hydrogens (primary N) is 1. The van der Waals surface area contributed by atoms with Crippen LogP contribution in [0.4, 0.5) is 0 Å². The molecule has 0 aliphatic heterocycles. The SMILES string of the molecule is CS(=O)(=O)CCC(N)C(=O)NCCSCc1ccc(Cl)cc1Cl.Cl. The minimum absolute atomic E-state index is 0. The van der Waals surface area contributed by atoms with Crippen molar-refractivity contribution >= 4 is 63.1 Å². The molecule has 0 saturated heterocycles. The average molecular weight is 436 g/mol. The molecule has 0 bridgehead atoms. The highest BCUT2D eigenvalue weighted by Crippen LogP contribution is 2.24. The molecule has 1 aromatic rings. The molecule has 3 N–H and O–H groups in total. The number of rotatable bonds is 9. The maximum atomic E-state index is 11.7. The van der Waals surface area contributed by atoms with Gasteiger partial charge in [0.1, 0.15) is 9.84 Å². The average Bonchev–Trinajstić information content (AvgIpc) is 2.45. The zero-order valence-corrected chi connectivity index (χ0v) is 17.1. The van der Waals surface area contributed by atoms with E-state index in [-0.39, 0.29) is 30.5 Å². The topological polar surface area (TPSA) is 89.3 Å². The van der Waals surface area contributed by atoms with E-state index in [1.54, 1.807) is 23.9 Å². The monoisotopic (exact) mass is 434 g/mol. The lowest BCUT2D eigenvalue weighted by atomic mass is 10.2. The van der Waals surface area contributed by atoms with Crippen molar-refractivity contribution in [2.24, 2.45) is 5.73 Å². The summed E-state index contributed by atoms with van der Waals surface area (Å²) in [6, 6.07) is 4.55. The molecule has 1 rings (SSSR count). The van der Waals surface area contributed by atoms with Crippen LogP contribution in [0.5, 0.6) is 0 Å². The summed E-state index contributed by atoms with van der Waals surface area (Å²) in [5, 5.41) is 3.91. The molecular formula is C14H21Cl3N2O3S2. The third-order valence-electron chi connectivity index (χ3n) is 2.95. The second-order valence-electron chi connectivity index (χ2n) is 5.10. The quantitative estimate of drug-likeness (QED) is 0.582. The van der Waals surface area contributed by atoms with Crippen molar-refractivity contribution < 1.29 is 13.2 Å². The number of hydrogen-bond acceptors (Lipinski definition) is 5. The number of halogens is 3. The predicted molar refractivity (Wildman–Crippen MR) is 105 cm³/mol. The number of carbonyl (C=O) groups excluding carboxylic acids is 1. The van der Waals surface area contributed by atoms with Crippen LogP contribution in [0, 0.1) is 0 Å². The van der Waals surface area contributed by atoms with Gasteiger partial charge in [-0.1, -0.05) is 29.3 Å². The molecule has 0 aliphatic rings. The molecule has 5 nitrogen and oxygen atoms in total. The molecule has 0 aliphatic carbocycles. The summed E-state index contributed by atoms with van der Waals surface area (Å²) in [7, 11) is -3.11. The van der Waals surface area contributed by atoms with Crippen molar-refractivity contribution in [3.8, 4) is 0 Å². The summed E-state index contributed by atoms with van der Waals surface area (Å²) in [6.07, 6.45) is 1.24. The van der Waals surface area contributed by atoms with E-state index >= 15 is 0 Å². The van der Waals surface area contributed by atoms with Gasteiger partial charge in [-0.15, -0.1) is 12.4 Å². The molecular weight excluding hydrogens is 415 g/mol. The van der Waals surface area contributed by atoms with Crippen LogP contribution in [0.1, 0.15) is 12.0 Å². The van der Waals surface area contributed by atoms with Gasteiger partial charge in [0.25, 0.3) is 0 Å². The standard InChI is InChI=1S/C14H20Cl2N2O3S2.ClH/c1-23(20,21)7-4-13(17)14(19)18-5-6-22-9-10-2-3-11(15)8-12(10)16;/h2-3,8,13H,4-7,9,17H2,1H3,(H,18,19);1H. The molecule has 24 heavy (non-hydrogen) atoms. The van der Waals surface area contributed by atoms with Crippen molar-refractivity contribution in [2.75, 3.05) is 24.3 Å². The van der Waals surface area contributed by atoms with Crippen LogP contribution >= 0.6 is 47.4 Å². The van der Waals surface area contributed by atoms with Gasteiger partial charge in [0.05, 0.1) is 11.8 Å². The zero-order valence-electron chi connectivity index (χ0n) is 13.1. The van der Waals surface area contributed by atoms with Crippen LogP contribution < -0.4 is 11.1 Å². The zero-order chi connectivity index (χ0) is 17.5. The molecule has 138 valence electrons. The number of nitrogens with one attached hydrogen (secondary N) is 1. The van der Waals surface area contributed by atoms with E-state index in [0.29, 0.717) is 28.1 Å². The lowest BCUT2D eigenvalue weighted by Gasteiger charge is -2.11. The Morgan fingerprint density at radius 2 is 2.04 bits per heavy atom. The van der Waals surface area contributed by atoms with Gasteiger partial charge in [-0.05, 0) is 24.1 Å². The Morgan fingerprint density at radius 1 is 1.38 bits per heavy atom. The largest absolute Gasteiger partial charge is 0.354 e. The lowest BCUT2D eigenvalue weighted by Crippen LogP contribution is -2.42. The molecule has 0 saturated carbocycles. The first-order valence-electron chi connectivity index (χ1n) is 6.92. The Hall–Kier alpha value is -0.180. The number of thioether (sulfide) groups is 1. The predicted octanol–water partition coefficient (Wildman–Crippen LogP) is 2.53. The van der Waals surface area contributed by atoms with Crippen LogP contribution in [-0.4, -0.2) is 44.7 Å². The summed E-state index contributed by atoms with van der Waals surface area (Å²) < 4.78 is 22.1. The number of amides is 1. The maximum absolute atomic E-state index is 11.7. The molecule has 0 aromatic heterocycles. The third-order valence-corrected chi connectivity index (χ3v) is 5.53. The van der Waals surface area contributed by atoms with E-state index in [1.165, 1.54) is 0 Å². The number of carbonyl (C=O) groups is 1. The fourth-order valence-electron chi connectivity index (χ4n) is 1.67. The Morgan fingerprint density at radius 3 is 2.62 bits per heavy atom. The molecule has 1 unspecified atom stereocenters. The van der Waals surface area contributed by atoms with Crippen molar-refractivity contribution in [1.82, 2.24) is 5.32 Å². The first-order chi connectivity index (χ1) is 10.7. The molecule has 0 radical (unpaired) electrons. The van der Waals surface area contributed by atoms with Gasteiger partial charge in [0.15, 0.2) is 0 Å². The first kappa shape index (κ1) is 23.8. The van der Waals surface area contributed by atoms with Crippen LogP contribution in [-0.2, 0) is 20.4 Å². The number of hydrogen-bond donors (Lipinski definition) is 2. The minimum Gasteiger partial charge on any atom is -0.354 e. The summed E-state index contributed by atoms with van der Waals surface area (Å²) in [5.74, 6) is 0.986. The Labute approximate surface area is 163 Å². The lowest BCUT2D eigenvalue weighted by molar-refractivity contribution is -0.122. The molecule has 0 fully saturated rings. The fourth-order valence-corrected chi connectivity index (χ4v) is 3.77. The van der Waals surface area contributed by atoms with Gasteiger partial charge >= 0.3 is 0 Å². The smallest absolute Gasteiger partial charge is 0.236 e. The van der Waals surface area contributed by atoms with Gasteiger partial charge in [0.2, 0.25) is 5.91 Å². The van der Waals surface area contributed by atoms with E-state index in [1.807, 2.05) is 6.07 Å². The van der Waals surface area contributed by atoms with Crippen molar-refractivity contribution in [2.45, 2.75) is 18.2 Å². The third kappa shape index (κ3) is 9.96. The Balaban J connectivity index is 0.00000529. The molecule has 1 amide bonds. The van der Waals surface area contributed by atoms with Crippen LogP contribution in [0.3, 0.4) is 0 Å². The van der Waals surface area contributed by atoms with Gasteiger partial charge < -0.3 is 11.1 Å². The minimum atomic E-state index is -3.11. The summed E-state index contributed by atoms with van der Waals surface area (Å²) in [6.45, 7) is 0.460. The molecule has 0 spiro atoms.